The van der Waals surface area contributed by atoms with Gasteiger partial charge in [0.1, 0.15) is 5.75 Å². The molecule has 0 atom stereocenters. The van der Waals surface area contributed by atoms with Crippen molar-refractivity contribution in [3.05, 3.63) is 29.3 Å². The maximum Gasteiger partial charge on any atom is 0.122 e. The van der Waals surface area contributed by atoms with Crippen LogP contribution >= 0.6 is 0 Å². The van der Waals surface area contributed by atoms with E-state index in [1.165, 1.54) is 50.0 Å². The maximum absolute atomic E-state index is 5.90. The molecule has 0 aliphatic carbocycles. The van der Waals surface area contributed by atoms with Crippen molar-refractivity contribution in [3.63, 3.8) is 0 Å². The molecule has 3 heteroatoms. The quantitative estimate of drug-likeness (QED) is 0.744. The number of nitrogens with zero attached hydrogens (tertiary/aromatic N) is 1. The zero-order valence-electron chi connectivity index (χ0n) is 13.7. The molecule has 1 heterocycles. The molecular formula is C18H30N2O. The van der Waals surface area contributed by atoms with Gasteiger partial charge in [-0.3, -0.25) is 0 Å². The minimum Gasteiger partial charge on any atom is -0.493 e. The van der Waals surface area contributed by atoms with Gasteiger partial charge in [0.2, 0.25) is 0 Å². The van der Waals surface area contributed by atoms with Gasteiger partial charge in [-0.2, -0.15) is 0 Å². The Kier molecular flexibility index (Phi) is 7.04. The molecule has 0 spiro atoms. The highest BCUT2D eigenvalue weighted by Crippen LogP contribution is 2.20. The fourth-order valence-corrected chi connectivity index (χ4v) is 2.79. The normalized spacial score (nSPS) is 16.1. The first-order chi connectivity index (χ1) is 10.3. The van der Waals surface area contributed by atoms with Crippen molar-refractivity contribution in [3.8, 4) is 5.75 Å². The molecule has 0 amide bonds. The lowest BCUT2D eigenvalue weighted by molar-refractivity contribution is 0.234. The van der Waals surface area contributed by atoms with Gasteiger partial charge in [-0.05, 0) is 50.4 Å². The van der Waals surface area contributed by atoms with Crippen LogP contribution in [-0.2, 0) is 0 Å². The number of nitrogens with one attached hydrogen (secondary N) is 1. The van der Waals surface area contributed by atoms with Gasteiger partial charge in [0.15, 0.2) is 0 Å². The number of ether oxygens (including phenoxy) is 1. The van der Waals surface area contributed by atoms with Crippen molar-refractivity contribution in [2.24, 2.45) is 0 Å². The van der Waals surface area contributed by atoms with Crippen LogP contribution < -0.4 is 10.1 Å². The lowest BCUT2D eigenvalue weighted by atomic mass is 10.1. The zero-order chi connectivity index (χ0) is 14.9. The predicted octanol–water partition coefficient (Wildman–Crippen LogP) is 3.15. The highest BCUT2D eigenvalue weighted by molar-refractivity contribution is 5.38. The number of aryl methyl sites for hydroxylation is 1. The summed E-state index contributed by atoms with van der Waals surface area (Å²) < 4.78 is 5.90. The Morgan fingerprint density at radius 2 is 1.81 bits per heavy atom. The number of piperazine rings is 1. The maximum atomic E-state index is 5.90. The molecule has 1 aliphatic heterocycles. The van der Waals surface area contributed by atoms with Gasteiger partial charge in [0, 0.05) is 26.2 Å². The van der Waals surface area contributed by atoms with Crippen LogP contribution in [-0.4, -0.2) is 44.2 Å². The number of benzene rings is 1. The van der Waals surface area contributed by atoms with Gasteiger partial charge in [0.25, 0.3) is 0 Å². The van der Waals surface area contributed by atoms with Crippen LogP contribution in [0.25, 0.3) is 0 Å². The Bertz CT molecular complexity index is 414. The lowest BCUT2D eigenvalue weighted by Crippen LogP contribution is -2.43. The molecule has 1 fully saturated rings. The molecule has 1 aromatic rings. The Morgan fingerprint density at radius 3 is 2.62 bits per heavy atom. The molecular weight excluding hydrogens is 260 g/mol. The Labute approximate surface area is 129 Å². The van der Waals surface area contributed by atoms with Crippen LogP contribution in [0.1, 0.15) is 36.8 Å². The second kappa shape index (κ2) is 9.06. The Balaban J connectivity index is 1.51. The van der Waals surface area contributed by atoms with Gasteiger partial charge in [0.05, 0.1) is 6.61 Å². The first kappa shape index (κ1) is 16.3. The molecule has 21 heavy (non-hydrogen) atoms. The first-order valence-electron chi connectivity index (χ1n) is 8.39. The van der Waals surface area contributed by atoms with Crippen molar-refractivity contribution < 1.29 is 4.74 Å². The molecule has 0 aromatic heterocycles. The summed E-state index contributed by atoms with van der Waals surface area (Å²) in [5.74, 6) is 1.05. The first-order valence-corrected chi connectivity index (χ1v) is 8.39. The molecule has 1 aliphatic rings. The summed E-state index contributed by atoms with van der Waals surface area (Å²) in [5.41, 5.74) is 2.58. The number of hydrogen-bond acceptors (Lipinski definition) is 3. The molecule has 3 nitrogen and oxygen atoms in total. The Morgan fingerprint density at radius 1 is 1.05 bits per heavy atom. The highest BCUT2D eigenvalue weighted by atomic mass is 16.5. The van der Waals surface area contributed by atoms with E-state index in [9.17, 15) is 0 Å². The minimum atomic E-state index is 0.845. The monoisotopic (exact) mass is 290 g/mol. The molecule has 0 unspecified atom stereocenters. The second-order valence-electron chi connectivity index (χ2n) is 6.05. The van der Waals surface area contributed by atoms with E-state index >= 15 is 0 Å². The average Bonchev–Trinajstić information content (AvgIpc) is 2.51. The molecule has 2 rings (SSSR count). The van der Waals surface area contributed by atoms with Crippen LogP contribution in [0.5, 0.6) is 5.75 Å². The lowest BCUT2D eigenvalue weighted by Gasteiger charge is -2.27. The smallest absolute Gasteiger partial charge is 0.122 e. The van der Waals surface area contributed by atoms with Crippen LogP contribution in [0.15, 0.2) is 18.2 Å². The fraction of sp³-hybridized carbons (Fsp3) is 0.667. The van der Waals surface area contributed by atoms with Crippen LogP contribution in [0.4, 0.5) is 0 Å². The van der Waals surface area contributed by atoms with E-state index in [-0.39, 0.29) is 0 Å². The summed E-state index contributed by atoms with van der Waals surface area (Å²) >= 11 is 0. The van der Waals surface area contributed by atoms with E-state index in [1.807, 2.05) is 0 Å². The highest BCUT2D eigenvalue weighted by Gasteiger charge is 2.08. The molecule has 118 valence electrons. The number of rotatable bonds is 8. The van der Waals surface area contributed by atoms with Crippen molar-refractivity contribution in [2.45, 2.75) is 39.5 Å². The summed E-state index contributed by atoms with van der Waals surface area (Å²) in [6.45, 7) is 11.1. The zero-order valence-corrected chi connectivity index (χ0v) is 13.7. The summed E-state index contributed by atoms with van der Waals surface area (Å²) in [4.78, 5) is 2.57. The van der Waals surface area contributed by atoms with E-state index in [0.717, 1.165) is 31.9 Å². The van der Waals surface area contributed by atoms with Crippen molar-refractivity contribution in [1.82, 2.24) is 10.2 Å². The van der Waals surface area contributed by atoms with E-state index in [0.29, 0.717) is 0 Å². The van der Waals surface area contributed by atoms with Gasteiger partial charge in [-0.15, -0.1) is 0 Å². The number of hydrogen-bond donors (Lipinski definition) is 1. The topological polar surface area (TPSA) is 24.5 Å². The Hall–Kier alpha value is -1.06. The SMILES string of the molecule is Cc1cccc(OCCCCCCN2CCNCC2)c1C. The second-order valence-corrected chi connectivity index (χ2v) is 6.05. The van der Waals surface area contributed by atoms with Crippen molar-refractivity contribution >= 4 is 0 Å². The third kappa shape index (κ3) is 5.68. The van der Waals surface area contributed by atoms with Crippen LogP contribution in [0, 0.1) is 13.8 Å². The van der Waals surface area contributed by atoms with Crippen LogP contribution in [0.3, 0.4) is 0 Å². The predicted molar refractivity (Wildman–Crippen MR) is 89.2 cm³/mol. The largest absolute Gasteiger partial charge is 0.493 e. The van der Waals surface area contributed by atoms with E-state index in [1.54, 1.807) is 0 Å². The molecule has 0 saturated carbocycles. The average molecular weight is 290 g/mol. The van der Waals surface area contributed by atoms with Crippen molar-refractivity contribution in [2.75, 3.05) is 39.3 Å². The molecule has 1 saturated heterocycles. The summed E-state index contributed by atoms with van der Waals surface area (Å²) in [5, 5.41) is 3.40. The summed E-state index contributed by atoms with van der Waals surface area (Å²) in [6.07, 6.45) is 5.08. The minimum absolute atomic E-state index is 0.845. The third-order valence-corrected chi connectivity index (χ3v) is 4.39. The standard InChI is InChI=1S/C18H30N2O/c1-16-8-7-9-18(17(16)2)21-15-6-4-3-5-12-20-13-10-19-11-14-20/h7-9,19H,3-6,10-15H2,1-2H3. The summed E-state index contributed by atoms with van der Waals surface area (Å²) in [7, 11) is 0. The van der Waals surface area contributed by atoms with Gasteiger partial charge in [-0.1, -0.05) is 25.0 Å². The molecule has 1 N–H and O–H groups in total. The van der Waals surface area contributed by atoms with Crippen LogP contribution in [0.2, 0.25) is 0 Å². The van der Waals surface area contributed by atoms with Gasteiger partial charge >= 0.3 is 0 Å². The number of unbranched alkanes of at least 4 members (excludes halogenated alkanes) is 3. The van der Waals surface area contributed by atoms with E-state index in [4.69, 9.17) is 4.74 Å². The van der Waals surface area contributed by atoms with E-state index in [2.05, 4.69) is 42.3 Å². The van der Waals surface area contributed by atoms with Gasteiger partial charge < -0.3 is 15.0 Å². The van der Waals surface area contributed by atoms with Crippen molar-refractivity contribution in [1.29, 1.82) is 0 Å². The van der Waals surface area contributed by atoms with E-state index < -0.39 is 0 Å². The van der Waals surface area contributed by atoms with Gasteiger partial charge in [-0.25, -0.2) is 0 Å². The third-order valence-electron chi connectivity index (χ3n) is 4.39. The molecule has 1 aromatic carbocycles. The molecule has 0 bridgehead atoms. The fourth-order valence-electron chi connectivity index (χ4n) is 2.79. The summed E-state index contributed by atoms with van der Waals surface area (Å²) in [6, 6.07) is 6.29. The molecule has 0 radical (unpaired) electrons.